The van der Waals surface area contributed by atoms with Crippen LogP contribution in [-0.4, -0.2) is 32.3 Å². The zero-order valence-corrected chi connectivity index (χ0v) is 14.7. The van der Waals surface area contributed by atoms with Crippen LogP contribution < -0.4 is 11.1 Å². The van der Waals surface area contributed by atoms with Gasteiger partial charge < -0.3 is 15.8 Å². The number of nitrogens with zero attached hydrogens (tertiary/aromatic N) is 1. The van der Waals surface area contributed by atoms with Crippen LogP contribution in [0.1, 0.15) is 32.8 Å². The molecule has 1 aromatic carbocycles. The van der Waals surface area contributed by atoms with E-state index in [0.717, 1.165) is 30.7 Å². The van der Waals surface area contributed by atoms with Crippen LogP contribution >= 0.6 is 15.9 Å². The van der Waals surface area contributed by atoms with Gasteiger partial charge in [0, 0.05) is 29.6 Å². The summed E-state index contributed by atoms with van der Waals surface area (Å²) in [6, 6.07) is 8.34. The van der Waals surface area contributed by atoms with Gasteiger partial charge in [0.15, 0.2) is 5.96 Å². The summed E-state index contributed by atoms with van der Waals surface area (Å²) in [6.07, 6.45) is 0.931. The van der Waals surface area contributed by atoms with Gasteiger partial charge in [0.1, 0.15) is 0 Å². The number of halogens is 1. The average Bonchev–Trinajstić information content (AvgIpc) is 2.45. The summed E-state index contributed by atoms with van der Waals surface area (Å²) in [5.74, 6) is 0.497. The molecule has 0 amide bonds. The average molecular weight is 356 g/mol. The molecule has 1 aromatic rings. The molecule has 0 fully saturated rings. The molecular formula is C16H26BrN3O. The van der Waals surface area contributed by atoms with Crippen LogP contribution in [0, 0.1) is 0 Å². The first-order valence-corrected chi connectivity index (χ1v) is 8.12. The van der Waals surface area contributed by atoms with E-state index in [-0.39, 0.29) is 5.41 Å². The van der Waals surface area contributed by atoms with Gasteiger partial charge >= 0.3 is 0 Å². The van der Waals surface area contributed by atoms with Crippen molar-refractivity contribution < 1.29 is 4.74 Å². The highest BCUT2D eigenvalue weighted by Gasteiger charge is 2.20. The molecule has 1 rings (SSSR count). The van der Waals surface area contributed by atoms with Crippen molar-refractivity contribution in [2.75, 3.05) is 26.3 Å². The number of guanidine groups is 1. The molecule has 118 valence electrons. The molecule has 0 unspecified atom stereocenters. The predicted octanol–water partition coefficient (Wildman–Crippen LogP) is 3.06. The lowest BCUT2D eigenvalue weighted by molar-refractivity contribution is 0.145. The molecule has 0 saturated heterocycles. The zero-order chi connectivity index (χ0) is 15.7. The van der Waals surface area contributed by atoms with Crippen molar-refractivity contribution in [2.45, 2.75) is 32.6 Å². The number of ether oxygens (including phenoxy) is 1. The molecule has 5 heteroatoms. The molecular weight excluding hydrogens is 330 g/mol. The summed E-state index contributed by atoms with van der Waals surface area (Å²) in [4.78, 5) is 4.44. The summed E-state index contributed by atoms with van der Waals surface area (Å²) in [5, 5.41) is 3.11. The van der Waals surface area contributed by atoms with E-state index in [0.29, 0.717) is 12.5 Å². The summed E-state index contributed by atoms with van der Waals surface area (Å²) in [7, 11) is 0. The largest absolute Gasteiger partial charge is 0.382 e. The van der Waals surface area contributed by atoms with Crippen LogP contribution in [0.25, 0.3) is 0 Å². The molecule has 0 aromatic heterocycles. The number of hydrogen-bond acceptors (Lipinski definition) is 2. The first-order chi connectivity index (χ1) is 9.95. The Balaban J connectivity index is 2.43. The maximum atomic E-state index is 5.89. The van der Waals surface area contributed by atoms with Gasteiger partial charge in [-0.1, -0.05) is 41.9 Å². The Hall–Kier alpha value is -1.07. The van der Waals surface area contributed by atoms with Crippen molar-refractivity contribution in [1.29, 1.82) is 0 Å². The van der Waals surface area contributed by atoms with Crippen molar-refractivity contribution >= 4 is 21.9 Å². The quantitative estimate of drug-likeness (QED) is 0.428. The van der Waals surface area contributed by atoms with E-state index in [4.69, 9.17) is 10.5 Å². The van der Waals surface area contributed by atoms with Crippen LogP contribution in [0.15, 0.2) is 33.7 Å². The third kappa shape index (κ3) is 6.96. The van der Waals surface area contributed by atoms with Crippen molar-refractivity contribution in [3.8, 4) is 0 Å². The maximum Gasteiger partial charge on any atom is 0.188 e. The lowest BCUT2D eigenvalue weighted by atomic mass is 9.85. The molecule has 0 aliphatic heterocycles. The third-order valence-electron chi connectivity index (χ3n) is 3.25. The van der Waals surface area contributed by atoms with Crippen LogP contribution in [0.4, 0.5) is 0 Å². The molecule has 0 saturated carbocycles. The molecule has 0 aliphatic carbocycles. The highest BCUT2D eigenvalue weighted by Crippen LogP contribution is 2.24. The normalized spacial score (nSPS) is 12.5. The van der Waals surface area contributed by atoms with Gasteiger partial charge in [-0.25, -0.2) is 0 Å². The fraction of sp³-hybridized carbons (Fsp3) is 0.562. The van der Waals surface area contributed by atoms with Crippen molar-refractivity contribution in [3.63, 3.8) is 0 Å². The third-order valence-corrected chi connectivity index (χ3v) is 3.77. The molecule has 0 heterocycles. The predicted molar refractivity (Wildman–Crippen MR) is 92.8 cm³/mol. The summed E-state index contributed by atoms with van der Waals surface area (Å²) >= 11 is 3.45. The van der Waals surface area contributed by atoms with E-state index in [1.54, 1.807) is 0 Å². The Labute approximate surface area is 136 Å². The van der Waals surface area contributed by atoms with Crippen molar-refractivity contribution in [1.82, 2.24) is 5.32 Å². The molecule has 0 aliphatic rings. The second-order valence-corrected chi connectivity index (χ2v) is 6.49. The lowest BCUT2D eigenvalue weighted by Gasteiger charge is -2.23. The standard InChI is InChI=1S/C16H26BrN3O/c1-4-21-11-5-10-19-15(18)20-12-16(2,3)13-6-8-14(17)9-7-13/h6-9H,4-5,10-12H2,1-3H3,(H3,18,19,20). The van der Waals surface area contributed by atoms with Gasteiger partial charge in [-0.15, -0.1) is 0 Å². The SMILES string of the molecule is CCOCCCNC(N)=NCC(C)(C)c1ccc(Br)cc1. The minimum Gasteiger partial charge on any atom is -0.382 e. The number of nitrogens with two attached hydrogens (primary N) is 1. The molecule has 0 radical (unpaired) electrons. The fourth-order valence-electron chi connectivity index (χ4n) is 1.87. The summed E-state index contributed by atoms with van der Waals surface area (Å²) in [6.45, 7) is 9.27. The van der Waals surface area contributed by atoms with Gasteiger partial charge in [-0.3, -0.25) is 4.99 Å². The Kier molecular flexibility index (Phi) is 7.75. The Morgan fingerprint density at radius 2 is 2.00 bits per heavy atom. The highest BCUT2D eigenvalue weighted by molar-refractivity contribution is 9.10. The molecule has 4 nitrogen and oxygen atoms in total. The number of rotatable bonds is 8. The molecule has 0 spiro atoms. The van der Waals surface area contributed by atoms with E-state index >= 15 is 0 Å². The first kappa shape index (κ1) is 18.0. The first-order valence-electron chi connectivity index (χ1n) is 7.33. The van der Waals surface area contributed by atoms with Crippen molar-refractivity contribution in [3.05, 3.63) is 34.3 Å². The highest BCUT2D eigenvalue weighted by atomic mass is 79.9. The van der Waals surface area contributed by atoms with Gasteiger partial charge in [0.05, 0.1) is 6.54 Å². The maximum absolute atomic E-state index is 5.89. The number of nitrogens with one attached hydrogen (secondary N) is 1. The van der Waals surface area contributed by atoms with Gasteiger partial charge in [-0.2, -0.15) is 0 Å². The second-order valence-electron chi connectivity index (χ2n) is 5.57. The fourth-order valence-corrected chi connectivity index (χ4v) is 2.13. The minimum absolute atomic E-state index is 0.0433. The van der Waals surface area contributed by atoms with Crippen molar-refractivity contribution in [2.24, 2.45) is 10.7 Å². The monoisotopic (exact) mass is 355 g/mol. The topological polar surface area (TPSA) is 59.6 Å². The second kappa shape index (κ2) is 9.05. The van der Waals surface area contributed by atoms with Gasteiger partial charge in [0.2, 0.25) is 0 Å². The summed E-state index contributed by atoms with van der Waals surface area (Å²) in [5.41, 5.74) is 7.09. The summed E-state index contributed by atoms with van der Waals surface area (Å²) < 4.78 is 6.36. The number of hydrogen-bond donors (Lipinski definition) is 2. The Morgan fingerprint density at radius 1 is 1.33 bits per heavy atom. The molecule has 0 bridgehead atoms. The van der Waals surface area contributed by atoms with E-state index in [9.17, 15) is 0 Å². The van der Waals surface area contributed by atoms with E-state index < -0.39 is 0 Å². The molecule has 0 atom stereocenters. The van der Waals surface area contributed by atoms with Crippen LogP contribution in [0.2, 0.25) is 0 Å². The Bertz CT molecular complexity index is 443. The number of aliphatic imine (C=N–C) groups is 1. The van der Waals surface area contributed by atoms with Gasteiger partial charge in [0.25, 0.3) is 0 Å². The van der Waals surface area contributed by atoms with E-state index in [1.165, 1.54) is 5.56 Å². The van der Waals surface area contributed by atoms with Crippen LogP contribution in [-0.2, 0) is 10.2 Å². The molecule has 3 N–H and O–H groups in total. The number of benzene rings is 1. The smallest absolute Gasteiger partial charge is 0.188 e. The molecule has 21 heavy (non-hydrogen) atoms. The van der Waals surface area contributed by atoms with E-state index in [2.05, 4.69) is 64.4 Å². The minimum atomic E-state index is -0.0433. The Morgan fingerprint density at radius 3 is 2.62 bits per heavy atom. The van der Waals surface area contributed by atoms with Crippen LogP contribution in [0.3, 0.4) is 0 Å². The van der Waals surface area contributed by atoms with E-state index in [1.807, 2.05) is 6.92 Å². The zero-order valence-electron chi connectivity index (χ0n) is 13.2. The van der Waals surface area contributed by atoms with Gasteiger partial charge in [-0.05, 0) is 31.0 Å². The lowest BCUT2D eigenvalue weighted by Crippen LogP contribution is -2.34. The van der Waals surface area contributed by atoms with Crippen LogP contribution in [0.5, 0.6) is 0 Å².